The molecule has 22 heavy (non-hydrogen) atoms. The standard InChI is InChI=1S/C18H22N2S2/c1-14-8-9-15(2)17(12-14)20-18(21)19-10-11-22-13-16-6-4-3-5-7-16/h3-9,12H,10-11,13H2,1-2H3,(H2,19,20,21). The second-order valence-corrected chi connectivity index (χ2v) is 6.75. The van der Waals surface area contributed by atoms with E-state index in [1.807, 2.05) is 17.8 Å². The normalized spacial score (nSPS) is 10.3. The summed E-state index contributed by atoms with van der Waals surface area (Å²) in [6, 6.07) is 16.9. The summed E-state index contributed by atoms with van der Waals surface area (Å²) in [5.41, 5.74) is 4.88. The molecule has 0 bridgehead atoms. The van der Waals surface area contributed by atoms with Crippen molar-refractivity contribution >= 4 is 34.8 Å². The van der Waals surface area contributed by atoms with Crippen LogP contribution in [0.2, 0.25) is 0 Å². The van der Waals surface area contributed by atoms with Crippen molar-refractivity contribution in [3.05, 3.63) is 65.2 Å². The van der Waals surface area contributed by atoms with E-state index in [0.717, 1.165) is 23.7 Å². The van der Waals surface area contributed by atoms with Crippen molar-refractivity contribution < 1.29 is 0 Å². The van der Waals surface area contributed by atoms with Crippen molar-refractivity contribution in [3.8, 4) is 0 Å². The van der Waals surface area contributed by atoms with Gasteiger partial charge in [0.25, 0.3) is 0 Å². The van der Waals surface area contributed by atoms with Gasteiger partial charge in [0, 0.05) is 23.7 Å². The predicted molar refractivity (Wildman–Crippen MR) is 103 cm³/mol. The molecule has 0 fully saturated rings. The second kappa shape index (κ2) is 8.81. The molecule has 4 heteroatoms. The molecule has 0 heterocycles. The fourth-order valence-corrected chi connectivity index (χ4v) is 3.07. The first-order valence-electron chi connectivity index (χ1n) is 7.39. The van der Waals surface area contributed by atoms with Crippen molar-refractivity contribution in [1.82, 2.24) is 5.32 Å². The topological polar surface area (TPSA) is 24.1 Å². The summed E-state index contributed by atoms with van der Waals surface area (Å²) in [4.78, 5) is 0. The van der Waals surface area contributed by atoms with Gasteiger partial charge in [0.05, 0.1) is 0 Å². The number of benzene rings is 2. The average molecular weight is 331 g/mol. The van der Waals surface area contributed by atoms with E-state index in [4.69, 9.17) is 12.2 Å². The largest absolute Gasteiger partial charge is 0.362 e. The molecule has 2 rings (SSSR count). The minimum absolute atomic E-state index is 0.689. The molecule has 2 nitrogen and oxygen atoms in total. The molecule has 0 aliphatic heterocycles. The van der Waals surface area contributed by atoms with Crippen molar-refractivity contribution in [2.45, 2.75) is 19.6 Å². The lowest BCUT2D eigenvalue weighted by Gasteiger charge is -2.13. The predicted octanol–water partition coefficient (Wildman–Crippen LogP) is 4.52. The third-order valence-corrected chi connectivity index (χ3v) is 4.56. The molecule has 116 valence electrons. The molecule has 0 atom stereocenters. The molecule has 0 aliphatic rings. The summed E-state index contributed by atoms with van der Waals surface area (Å²) in [5, 5.41) is 7.22. The molecular formula is C18H22N2S2. The lowest BCUT2D eigenvalue weighted by atomic mass is 10.1. The van der Waals surface area contributed by atoms with Gasteiger partial charge in [-0.05, 0) is 48.8 Å². The smallest absolute Gasteiger partial charge is 0.170 e. The van der Waals surface area contributed by atoms with Gasteiger partial charge in [-0.2, -0.15) is 11.8 Å². The van der Waals surface area contributed by atoms with Crippen LogP contribution in [0.4, 0.5) is 5.69 Å². The van der Waals surface area contributed by atoms with Crippen LogP contribution in [0.15, 0.2) is 48.5 Å². The monoisotopic (exact) mass is 330 g/mol. The fraction of sp³-hybridized carbons (Fsp3) is 0.278. The van der Waals surface area contributed by atoms with Gasteiger partial charge < -0.3 is 10.6 Å². The number of thioether (sulfide) groups is 1. The number of rotatable bonds is 6. The lowest BCUT2D eigenvalue weighted by molar-refractivity contribution is 0.989. The SMILES string of the molecule is Cc1ccc(C)c(NC(=S)NCCSCc2ccccc2)c1. The van der Waals surface area contributed by atoms with Crippen LogP contribution >= 0.6 is 24.0 Å². The number of hydrogen-bond acceptors (Lipinski definition) is 2. The Kier molecular flexibility index (Phi) is 6.74. The quantitative estimate of drug-likeness (QED) is 0.600. The Morgan fingerprint density at radius 3 is 2.64 bits per heavy atom. The maximum Gasteiger partial charge on any atom is 0.170 e. The Morgan fingerprint density at radius 2 is 1.86 bits per heavy atom. The molecule has 2 aromatic rings. The van der Waals surface area contributed by atoms with E-state index in [-0.39, 0.29) is 0 Å². The highest BCUT2D eigenvalue weighted by Gasteiger charge is 2.01. The molecule has 2 aromatic carbocycles. The molecule has 0 spiro atoms. The molecular weight excluding hydrogens is 308 g/mol. The zero-order valence-corrected chi connectivity index (χ0v) is 14.7. The van der Waals surface area contributed by atoms with Crippen LogP contribution in [-0.2, 0) is 5.75 Å². The Balaban J connectivity index is 1.66. The first-order chi connectivity index (χ1) is 10.6. The summed E-state index contributed by atoms with van der Waals surface area (Å²) >= 11 is 7.26. The molecule has 0 aliphatic carbocycles. The van der Waals surface area contributed by atoms with Crippen LogP contribution in [0.1, 0.15) is 16.7 Å². The summed E-state index contributed by atoms with van der Waals surface area (Å²) < 4.78 is 0. The van der Waals surface area contributed by atoms with Crippen LogP contribution in [0, 0.1) is 13.8 Å². The van der Waals surface area contributed by atoms with Gasteiger partial charge in [0.2, 0.25) is 0 Å². The van der Waals surface area contributed by atoms with E-state index in [0.29, 0.717) is 5.11 Å². The molecule has 0 saturated carbocycles. The van der Waals surface area contributed by atoms with Gasteiger partial charge in [-0.1, -0.05) is 42.5 Å². The zero-order valence-electron chi connectivity index (χ0n) is 13.1. The summed E-state index contributed by atoms with van der Waals surface area (Å²) in [6.45, 7) is 5.04. The van der Waals surface area contributed by atoms with Crippen molar-refractivity contribution in [1.29, 1.82) is 0 Å². The van der Waals surface area contributed by atoms with E-state index in [1.165, 1.54) is 16.7 Å². The minimum atomic E-state index is 0.689. The van der Waals surface area contributed by atoms with E-state index in [2.05, 4.69) is 66.9 Å². The Hall–Kier alpha value is -1.52. The Morgan fingerprint density at radius 1 is 1.09 bits per heavy atom. The summed E-state index contributed by atoms with van der Waals surface area (Å²) in [5.74, 6) is 2.07. The van der Waals surface area contributed by atoms with Crippen molar-refractivity contribution in [2.24, 2.45) is 0 Å². The van der Waals surface area contributed by atoms with Gasteiger partial charge in [-0.25, -0.2) is 0 Å². The highest BCUT2D eigenvalue weighted by molar-refractivity contribution is 7.98. The summed E-state index contributed by atoms with van der Waals surface area (Å²) in [7, 11) is 0. The van der Waals surface area contributed by atoms with E-state index in [9.17, 15) is 0 Å². The first-order valence-corrected chi connectivity index (χ1v) is 8.95. The first kappa shape index (κ1) is 16.8. The maximum atomic E-state index is 5.35. The number of nitrogens with one attached hydrogen (secondary N) is 2. The number of thiocarbonyl (C=S) groups is 1. The van der Waals surface area contributed by atoms with Crippen LogP contribution in [0.5, 0.6) is 0 Å². The minimum Gasteiger partial charge on any atom is -0.362 e. The molecule has 0 radical (unpaired) electrons. The molecule has 2 N–H and O–H groups in total. The van der Waals surface area contributed by atoms with Gasteiger partial charge in [0.1, 0.15) is 0 Å². The van der Waals surface area contributed by atoms with Gasteiger partial charge in [-0.3, -0.25) is 0 Å². The number of aryl methyl sites for hydroxylation is 2. The van der Waals surface area contributed by atoms with Crippen molar-refractivity contribution in [2.75, 3.05) is 17.6 Å². The van der Waals surface area contributed by atoms with Gasteiger partial charge in [-0.15, -0.1) is 0 Å². The number of anilines is 1. The van der Waals surface area contributed by atoms with Crippen LogP contribution < -0.4 is 10.6 Å². The maximum absolute atomic E-state index is 5.35. The van der Waals surface area contributed by atoms with E-state index >= 15 is 0 Å². The average Bonchev–Trinajstić information content (AvgIpc) is 2.51. The fourth-order valence-electron chi connectivity index (χ4n) is 2.04. The van der Waals surface area contributed by atoms with E-state index in [1.54, 1.807) is 0 Å². The highest BCUT2D eigenvalue weighted by Crippen LogP contribution is 2.16. The Bertz CT molecular complexity index is 612. The molecule has 0 unspecified atom stereocenters. The second-order valence-electron chi connectivity index (χ2n) is 5.24. The summed E-state index contributed by atoms with van der Waals surface area (Å²) in [6.07, 6.45) is 0. The molecule has 0 saturated heterocycles. The molecule has 0 amide bonds. The van der Waals surface area contributed by atoms with E-state index < -0.39 is 0 Å². The molecule has 0 aromatic heterocycles. The highest BCUT2D eigenvalue weighted by atomic mass is 32.2. The van der Waals surface area contributed by atoms with Crippen LogP contribution in [0.3, 0.4) is 0 Å². The van der Waals surface area contributed by atoms with Gasteiger partial charge >= 0.3 is 0 Å². The lowest BCUT2D eigenvalue weighted by Crippen LogP contribution is -2.30. The number of hydrogen-bond donors (Lipinski definition) is 2. The Labute approximate surface area is 142 Å². The van der Waals surface area contributed by atoms with Crippen LogP contribution in [0.25, 0.3) is 0 Å². The van der Waals surface area contributed by atoms with Crippen LogP contribution in [-0.4, -0.2) is 17.4 Å². The van der Waals surface area contributed by atoms with Gasteiger partial charge in [0.15, 0.2) is 5.11 Å². The third-order valence-electron chi connectivity index (χ3n) is 3.28. The van der Waals surface area contributed by atoms with Crippen molar-refractivity contribution in [3.63, 3.8) is 0 Å². The third kappa shape index (κ3) is 5.70. The zero-order chi connectivity index (χ0) is 15.8.